The molecule has 0 bridgehead atoms. The molecule has 1 aliphatic heterocycles. The maximum absolute atomic E-state index is 13.2. The summed E-state index contributed by atoms with van der Waals surface area (Å²) >= 11 is 1.03. The SMILES string of the molecule is CN(C)CCCOc1ncc(-c2ccc3ncc4c(c3c2)C2(CCC2)C(=O)N4C)cc1NS(=O)(=O)c1cncs1.Cl. The van der Waals surface area contributed by atoms with Gasteiger partial charge < -0.3 is 14.5 Å². The molecule has 4 heterocycles. The molecular formula is C28H31ClN6O4S2. The van der Waals surface area contributed by atoms with Gasteiger partial charge in [-0.25, -0.2) is 13.4 Å². The quantitative estimate of drug-likeness (QED) is 0.270. The number of rotatable bonds is 9. The summed E-state index contributed by atoms with van der Waals surface area (Å²) in [4.78, 5) is 30.1. The van der Waals surface area contributed by atoms with E-state index in [2.05, 4.69) is 24.6 Å². The summed E-state index contributed by atoms with van der Waals surface area (Å²) < 4.78 is 34.8. The van der Waals surface area contributed by atoms with Gasteiger partial charge in [0.15, 0.2) is 4.21 Å². The molecule has 0 radical (unpaired) electrons. The van der Waals surface area contributed by atoms with Crippen LogP contribution in [0.3, 0.4) is 0 Å². The van der Waals surface area contributed by atoms with E-state index in [-0.39, 0.29) is 34.1 Å². The number of amides is 1. The molecule has 13 heteroatoms. The Hall–Kier alpha value is -3.32. The van der Waals surface area contributed by atoms with Crippen molar-refractivity contribution < 1.29 is 17.9 Å². The van der Waals surface area contributed by atoms with E-state index in [9.17, 15) is 13.2 Å². The van der Waals surface area contributed by atoms with Crippen molar-refractivity contribution in [2.75, 3.05) is 43.9 Å². The second-order valence-corrected chi connectivity index (χ2v) is 13.4. The first kappa shape index (κ1) is 29.2. The number of likely N-dealkylation sites (N-methyl/N-ethyl adjacent to an activating group) is 1. The lowest BCUT2D eigenvalue weighted by molar-refractivity contribution is -0.125. The molecule has 1 aromatic carbocycles. The van der Waals surface area contributed by atoms with Crippen LogP contribution in [0.5, 0.6) is 5.88 Å². The van der Waals surface area contributed by atoms with E-state index in [0.29, 0.717) is 12.2 Å². The van der Waals surface area contributed by atoms with Crippen LogP contribution in [0.15, 0.2) is 52.6 Å². The number of sulfonamides is 1. The van der Waals surface area contributed by atoms with Gasteiger partial charge >= 0.3 is 0 Å². The molecule has 1 aliphatic carbocycles. The zero-order valence-electron chi connectivity index (χ0n) is 23.0. The third kappa shape index (κ3) is 5.14. The van der Waals surface area contributed by atoms with Crippen LogP contribution < -0.4 is 14.4 Å². The molecule has 2 aliphatic rings. The molecule has 41 heavy (non-hydrogen) atoms. The largest absolute Gasteiger partial charge is 0.476 e. The number of hydrogen-bond acceptors (Lipinski definition) is 9. The highest BCUT2D eigenvalue weighted by Gasteiger charge is 2.54. The molecule has 0 saturated heterocycles. The van der Waals surface area contributed by atoms with Gasteiger partial charge in [-0.3, -0.25) is 19.5 Å². The van der Waals surface area contributed by atoms with Gasteiger partial charge in [-0.1, -0.05) is 12.5 Å². The van der Waals surface area contributed by atoms with Crippen molar-refractivity contribution in [1.82, 2.24) is 19.9 Å². The van der Waals surface area contributed by atoms with E-state index in [0.717, 1.165) is 71.3 Å². The molecule has 1 amide bonds. The van der Waals surface area contributed by atoms with E-state index in [4.69, 9.17) is 4.74 Å². The predicted octanol–water partition coefficient (Wildman–Crippen LogP) is 4.70. The molecule has 1 saturated carbocycles. The van der Waals surface area contributed by atoms with Crippen LogP contribution in [-0.4, -0.2) is 68.5 Å². The van der Waals surface area contributed by atoms with Crippen molar-refractivity contribution in [2.45, 2.75) is 35.3 Å². The van der Waals surface area contributed by atoms with Gasteiger partial charge in [-0.2, -0.15) is 0 Å². The Morgan fingerprint density at radius 2 is 1.93 bits per heavy atom. The van der Waals surface area contributed by atoms with E-state index >= 15 is 0 Å². The number of hydrogen-bond donors (Lipinski definition) is 1. The zero-order valence-corrected chi connectivity index (χ0v) is 25.4. The van der Waals surface area contributed by atoms with Crippen molar-refractivity contribution in [3.63, 3.8) is 0 Å². The number of carbonyl (C=O) groups is 1. The average Bonchev–Trinajstić information content (AvgIpc) is 3.53. The minimum absolute atomic E-state index is 0. The molecule has 1 N–H and O–H groups in total. The van der Waals surface area contributed by atoms with Crippen molar-refractivity contribution in [1.29, 1.82) is 0 Å². The number of carbonyl (C=O) groups excluding carboxylic acids is 1. The average molecular weight is 615 g/mol. The second-order valence-electron chi connectivity index (χ2n) is 10.6. The second kappa shape index (κ2) is 11.2. The van der Waals surface area contributed by atoms with Crippen LogP contribution in [0.25, 0.3) is 22.0 Å². The number of ether oxygens (including phenoxy) is 1. The fourth-order valence-electron chi connectivity index (χ4n) is 5.53. The Morgan fingerprint density at radius 1 is 1.12 bits per heavy atom. The number of fused-ring (bicyclic) bond motifs is 4. The van der Waals surface area contributed by atoms with Gasteiger partial charge in [0, 0.05) is 36.3 Å². The third-order valence-corrected chi connectivity index (χ3v) is 10.3. The smallest absolute Gasteiger partial charge is 0.273 e. The maximum atomic E-state index is 13.2. The number of nitrogens with zero attached hydrogens (tertiary/aromatic N) is 5. The predicted molar refractivity (Wildman–Crippen MR) is 163 cm³/mol. The molecule has 3 aromatic heterocycles. The Labute approximate surface area is 249 Å². The molecule has 1 fully saturated rings. The van der Waals surface area contributed by atoms with E-state index in [1.165, 1.54) is 11.7 Å². The van der Waals surface area contributed by atoms with Gasteiger partial charge in [0.05, 0.1) is 41.1 Å². The molecule has 0 unspecified atom stereocenters. The minimum atomic E-state index is -3.88. The van der Waals surface area contributed by atoms with Gasteiger partial charge in [-0.15, -0.1) is 23.7 Å². The number of anilines is 2. The molecule has 216 valence electrons. The fraction of sp³-hybridized carbons (Fsp3) is 0.357. The summed E-state index contributed by atoms with van der Waals surface area (Å²) in [6.07, 6.45) is 8.22. The summed E-state index contributed by atoms with van der Waals surface area (Å²) in [7, 11) is 1.90. The molecule has 1 spiro atoms. The van der Waals surface area contributed by atoms with Gasteiger partial charge in [0.1, 0.15) is 5.69 Å². The van der Waals surface area contributed by atoms with Crippen molar-refractivity contribution in [3.05, 3.63) is 53.9 Å². The van der Waals surface area contributed by atoms with Crippen LogP contribution >= 0.6 is 23.7 Å². The third-order valence-electron chi connectivity index (χ3n) is 7.70. The molecule has 10 nitrogen and oxygen atoms in total. The molecule has 0 atom stereocenters. The summed E-state index contributed by atoms with van der Waals surface area (Å²) in [6, 6.07) is 7.64. The first-order chi connectivity index (χ1) is 19.2. The highest BCUT2D eigenvalue weighted by Crippen LogP contribution is 2.55. The Morgan fingerprint density at radius 3 is 2.61 bits per heavy atom. The van der Waals surface area contributed by atoms with Crippen molar-refractivity contribution in [2.24, 2.45) is 0 Å². The van der Waals surface area contributed by atoms with Crippen LogP contribution in [0.4, 0.5) is 11.4 Å². The molecule has 4 aromatic rings. The lowest BCUT2D eigenvalue weighted by atomic mass is 9.64. The topological polar surface area (TPSA) is 118 Å². The van der Waals surface area contributed by atoms with Gasteiger partial charge in [-0.05, 0) is 57.1 Å². The number of pyridine rings is 2. The van der Waals surface area contributed by atoms with Gasteiger partial charge in [0.25, 0.3) is 10.0 Å². The minimum Gasteiger partial charge on any atom is -0.476 e. The van der Waals surface area contributed by atoms with Crippen molar-refractivity contribution in [3.8, 4) is 17.0 Å². The highest BCUT2D eigenvalue weighted by atomic mass is 35.5. The molecular weight excluding hydrogens is 584 g/mol. The first-order valence-electron chi connectivity index (χ1n) is 13.1. The van der Waals surface area contributed by atoms with Gasteiger partial charge in [0.2, 0.25) is 11.8 Å². The number of nitrogens with one attached hydrogen (secondary N) is 1. The summed E-state index contributed by atoms with van der Waals surface area (Å²) in [5.41, 5.74) is 5.49. The lowest BCUT2D eigenvalue weighted by Gasteiger charge is -2.37. The Balaban J connectivity index is 0.00000337. The maximum Gasteiger partial charge on any atom is 0.273 e. The normalized spacial score (nSPS) is 15.6. The summed E-state index contributed by atoms with van der Waals surface area (Å²) in [5.74, 6) is 0.338. The summed E-state index contributed by atoms with van der Waals surface area (Å²) in [6.45, 7) is 1.21. The van der Waals surface area contributed by atoms with Crippen LogP contribution in [0.2, 0.25) is 0 Å². The van der Waals surface area contributed by atoms with Crippen LogP contribution in [0, 0.1) is 0 Å². The molecule has 6 rings (SSSR count). The van der Waals surface area contributed by atoms with E-state index < -0.39 is 15.4 Å². The van der Waals surface area contributed by atoms with Crippen molar-refractivity contribution >= 4 is 62.0 Å². The number of aromatic nitrogens is 3. The highest BCUT2D eigenvalue weighted by molar-refractivity contribution is 7.94. The standard InChI is InChI=1S/C28H30N6O4S2.ClH/c1-33(2)10-5-11-38-26-22(32-40(36,37)24-16-29-17-39-24)13-19(14-31-26)18-6-7-21-20(12-18)25-23(15-30-21)34(3)27(35)28(25)8-4-9-28;/h6-7,12-17,32H,4-5,8-11H2,1-3H3;1H. The number of thiazole rings is 1. The number of halogens is 1. The van der Waals surface area contributed by atoms with E-state index in [1.807, 2.05) is 39.3 Å². The zero-order chi connectivity index (χ0) is 28.1. The van der Waals surface area contributed by atoms with Crippen LogP contribution in [-0.2, 0) is 20.2 Å². The van der Waals surface area contributed by atoms with Crippen LogP contribution in [0.1, 0.15) is 31.2 Å². The summed E-state index contributed by atoms with van der Waals surface area (Å²) in [5, 5.41) is 0.934. The first-order valence-corrected chi connectivity index (χ1v) is 15.5. The number of benzene rings is 1. The fourth-order valence-corrected chi connectivity index (χ4v) is 7.37. The Bertz CT molecular complexity index is 1710. The monoisotopic (exact) mass is 614 g/mol. The Kier molecular flexibility index (Phi) is 7.94. The van der Waals surface area contributed by atoms with E-state index in [1.54, 1.807) is 23.4 Å². The lowest BCUT2D eigenvalue weighted by Crippen LogP contribution is -2.43.